The van der Waals surface area contributed by atoms with Crippen molar-refractivity contribution in [1.29, 1.82) is 0 Å². The van der Waals surface area contributed by atoms with E-state index in [1.165, 1.54) is 19.2 Å². The largest absolute Gasteiger partial charge is 0.468 e. The lowest BCUT2D eigenvalue weighted by molar-refractivity contribution is -0.384. The van der Waals surface area contributed by atoms with Gasteiger partial charge in [-0.05, 0) is 41.2 Å². The number of hydrogen-bond donors (Lipinski definition) is 0. The van der Waals surface area contributed by atoms with Crippen LogP contribution in [0.4, 0.5) is 5.69 Å². The maximum atomic E-state index is 12.5. The molecule has 0 N–H and O–H groups in total. The van der Waals surface area contributed by atoms with Gasteiger partial charge in [0.1, 0.15) is 0 Å². The number of non-ortho nitro benzene ring substituents is 1. The molecule has 2 aromatic carbocycles. The van der Waals surface area contributed by atoms with Crippen LogP contribution in [-0.4, -0.2) is 18.0 Å². The minimum atomic E-state index is -0.732. The smallest absolute Gasteiger partial charge is 0.316 e. The fraction of sp³-hybridized carbons (Fsp3) is 0.250. The topological polar surface area (TPSA) is 69.4 Å². The molecule has 0 radical (unpaired) electrons. The van der Waals surface area contributed by atoms with Crippen molar-refractivity contribution < 1.29 is 14.5 Å². The Hall–Kier alpha value is -2.66. The van der Waals surface area contributed by atoms with Crippen molar-refractivity contribution in [2.45, 2.75) is 13.3 Å². The summed E-state index contributed by atoms with van der Waals surface area (Å²) in [5.41, 5.74) is 2.11. The van der Waals surface area contributed by atoms with Crippen LogP contribution in [-0.2, 0) is 16.0 Å². The van der Waals surface area contributed by atoms with Crippen molar-refractivity contribution in [3.05, 3.63) is 80.4 Å². The molecule has 134 valence electrons. The molecule has 0 amide bonds. The molecule has 1 aliphatic carbocycles. The van der Waals surface area contributed by atoms with Gasteiger partial charge in [0, 0.05) is 17.2 Å². The summed E-state index contributed by atoms with van der Waals surface area (Å²) in [7, 11) is 1.38. The maximum Gasteiger partial charge on any atom is 0.316 e. The molecular weight excluding hydrogens is 354 g/mol. The Labute approximate surface area is 156 Å². The highest BCUT2D eigenvalue weighted by atomic mass is 35.5. The van der Waals surface area contributed by atoms with Gasteiger partial charge >= 0.3 is 5.97 Å². The van der Waals surface area contributed by atoms with E-state index in [1.54, 1.807) is 24.3 Å². The number of halogens is 1. The van der Waals surface area contributed by atoms with E-state index in [9.17, 15) is 14.9 Å². The second-order valence-electron chi connectivity index (χ2n) is 6.44. The van der Waals surface area contributed by atoms with E-state index in [0.29, 0.717) is 11.4 Å². The fourth-order valence-electron chi connectivity index (χ4n) is 3.42. The second-order valence-corrected chi connectivity index (χ2v) is 6.87. The van der Waals surface area contributed by atoms with E-state index >= 15 is 0 Å². The summed E-state index contributed by atoms with van der Waals surface area (Å²) in [4.78, 5) is 22.9. The first kappa shape index (κ1) is 18.1. The van der Waals surface area contributed by atoms with Crippen LogP contribution in [0.3, 0.4) is 0 Å². The summed E-state index contributed by atoms with van der Waals surface area (Å²) in [5.74, 6) is -0.260. The predicted octanol–water partition coefficient (Wildman–Crippen LogP) is 4.68. The minimum absolute atomic E-state index is 0.0285. The highest BCUT2D eigenvalue weighted by Gasteiger charge is 2.63. The number of nitro groups is 1. The van der Waals surface area contributed by atoms with Gasteiger partial charge in [0.15, 0.2) is 0 Å². The third-order valence-electron chi connectivity index (χ3n) is 5.01. The van der Waals surface area contributed by atoms with Crippen LogP contribution in [0.1, 0.15) is 18.1 Å². The molecule has 26 heavy (non-hydrogen) atoms. The molecule has 0 unspecified atom stereocenters. The number of hydrogen-bond acceptors (Lipinski definition) is 4. The number of nitrogens with zero attached hydrogens (tertiary/aromatic N) is 1. The summed E-state index contributed by atoms with van der Waals surface area (Å²) >= 11 is 5.92. The van der Waals surface area contributed by atoms with Crippen molar-refractivity contribution in [3.63, 3.8) is 0 Å². The van der Waals surface area contributed by atoms with Crippen molar-refractivity contribution in [3.8, 4) is 0 Å². The number of carbonyl (C=O) groups excluding carboxylic acids is 1. The molecule has 1 saturated carbocycles. The van der Waals surface area contributed by atoms with Gasteiger partial charge in [-0.1, -0.05) is 48.9 Å². The van der Waals surface area contributed by atoms with E-state index in [4.69, 9.17) is 16.3 Å². The number of carbonyl (C=O) groups is 1. The van der Waals surface area contributed by atoms with E-state index in [1.807, 2.05) is 25.1 Å². The molecule has 0 saturated heterocycles. The molecule has 3 rings (SSSR count). The highest BCUT2D eigenvalue weighted by Crippen LogP contribution is 2.61. The van der Waals surface area contributed by atoms with E-state index in [2.05, 4.69) is 0 Å². The average Bonchev–Trinajstić information content (AvgIpc) is 3.19. The second kappa shape index (κ2) is 6.92. The lowest BCUT2D eigenvalue weighted by atomic mass is 9.93. The number of rotatable bonds is 5. The SMILES string of the molecule is COC(=O)[C@@]1(Cc2ccc([N+](=O)[O-])cc2)/C(=C/c2ccc(Cl)cc2)[C@@H]1C. The Kier molecular flexibility index (Phi) is 4.83. The quantitative estimate of drug-likeness (QED) is 0.434. The van der Waals surface area contributed by atoms with Crippen molar-refractivity contribution in [2.24, 2.45) is 11.3 Å². The predicted molar refractivity (Wildman–Crippen MR) is 99.8 cm³/mol. The van der Waals surface area contributed by atoms with E-state index in [0.717, 1.165) is 16.7 Å². The molecule has 6 heteroatoms. The number of esters is 1. The summed E-state index contributed by atoms with van der Waals surface area (Å²) in [6.45, 7) is 1.99. The zero-order valence-electron chi connectivity index (χ0n) is 14.4. The molecule has 2 aromatic rings. The number of nitro benzene ring substituents is 1. The molecule has 0 heterocycles. The van der Waals surface area contributed by atoms with Crippen molar-refractivity contribution in [1.82, 2.24) is 0 Å². The summed E-state index contributed by atoms with van der Waals surface area (Å²) in [5, 5.41) is 11.5. The molecule has 5 nitrogen and oxygen atoms in total. The van der Waals surface area contributed by atoms with Gasteiger partial charge in [0.05, 0.1) is 17.4 Å². The molecule has 0 spiro atoms. The molecule has 1 aliphatic rings. The Balaban J connectivity index is 1.91. The Morgan fingerprint density at radius 3 is 2.38 bits per heavy atom. The van der Waals surface area contributed by atoms with E-state index in [-0.39, 0.29) is 17.6 Å². The van der Waals surface area contributed by atoms with Gasteiger partial charge in [-0.15, -0.1) is 0 Å². The monoisotopic (exact) mass is 371 g/mol. The van der Waals surface area contributed by atoms with Gasteiger partial charge in [-0.3, -0.25) is 14.9 Å². The molecule has 0 aliphatic heterocycles. The van der Waals surface area contributed by atoms with Gasteiger partial charge in [0.2, 0.25) is 0 Å². The first-order chi connectivity index (χ1) is 12.4. The van der Waals surface area contributed by atoms with Crippen LogP contribution in [0, 0.1) is 21.4 Å². The number of ether oxygens (including phenoxy) is 1. The zero-order valence-corrected chi connectivity index (χ0v) is 15.2. The van der Waals surface area contributed by atoms with Crippen LogP contribution in [0.15, 0.2) is 54.1 Å². The molecule has 0 aromatic heterocycles. The van der Waals surface area contributed by atoms with Crippen molar-refractivity contribution >= 4 is 29.3 Å². The average molecular weight is 372 g/mol. The summed E-state index contributed by atoms with van der Waals surface area (Å²) < 4.78 is 5.06. The minimum Gasteiger partial charge on any atom is -0.468 e. The third kappa shape index (κ3) is 3.22. The molecule has 1 fully saturated rings. The first-order valence-electron chi connectivity index (χ1n) is 8.18. The van der Waals surface area contributed by atoms with E-state index < -0.39 is 10.3 Å². The van der Waals surface area contributed by atoms with Crippen LogP contribution < -0.4 is 0 Å². The lowest BCUT2D eigenvalue weighted by Gasteiger charge is -2.13. The number of benzene rings is 2. The van der Waals surface area contributed by atoms with Crippen LogP contribution >= 0.6 is 11.6 Å². The highest BCUT2D eigenvalue weighted by molar-refractivity contribution is 6.30. The van der Waals surface area contributed by atoms with Crippen LogP contribution in [0.25, 0.3) is 6.08 Å². The normalized spacial score (nSPS) is 22.9. The Morgan fingerprint density at radius 2 is 1.85 bits per heavy atom. The van der Waals surface area contributed by atoms with Gasteiger partial charge in [0.25, 0.3) is 5.69 Å². The fourth-order valence-corrected chi connectivity index (χ4v) is 3.55. The Bertz CT molecular complexity index is 874. The van der Waals surface area contributed by atoms with Crippen LogP contribution in [0.5, 0.6) is 0 Å². The summed E-state index contributed by atoms with van der Waals surface area (Å²) in [6, 6.07) is 13.7. The first-order valence-corrected chi connectivity index (χ1v) is 8.55. The maximum absolute atomic E-state index is 12.5. The standard InChI is InChI=1S/C20H18ClNO4/c1-13-18(11-14-3-7-16(21)8-4-14)20(13,19(23)26-2)12-15-5-9-17(10-6-15)22(24)25/h3-11,13H,12H2,1-2H3/b18-11+/t13-,20+/m0/s1. The summed E-state index contributed by atoms with van der Waals surface area (Å²) in [6.07, 6.45) is 2.43. The third-order valence-corrected chi connectivity index (χ3v) is 5.26. The van der Waals surface area contributed by atoms with Gasteiger partial charge in [-0.2, -0.15) is 0 Å². The molecule has 0 bridgehead atoms. The van der Waals surface area contributed by atoms with Gasteiger partial charge in [-0.25, -0.2) is 0 Å². The zero-order chi connectivity index (χ0) is 18.9. The van der Waals surface area contributed by atoms with Crippen LogP contribution in [0.2, 0.25) is 5.02 Å². The van der Waals surface area contributed by atoms with Gasteiger partial charge < -0.3 is 4.74 Å². The lowest BCUT2D eigenvalue weighted by Crippen LogP contribution is -2.22. The molecular formula is C20H18ClNO4. The van der Waals surface area contributed by atoms with Crippen molar-refractivity contribution in [2.75, 3.05) is 7.11 Å². The Morgan fingerprint density at radius 1 is 1.23 bits per heavy atom. The number of methoxy groups -OCH3 is 1. The molecule has 2 atom stereocenters.